The molecule has 1 aliphatic rings. The third-order valence-electron chi connectivity index (χ3n) is 2.66. The summed E-state index contributed by atoms with van der Waals surface area (Å²) in [6, 6.07) is 8.57. The number of hydrogen-bond acceptors (Lipinski definition) is 3. The Hall–Kier alpha value is -1.35. The highest BCUT2D eigenvalue weighted by molar-refractivity contribution is 5.95. The molecule has 0 amide bonds. The molecular weight excluding hydrogens is 212 g/mol. The van der Waals surface area contributed by atoms with Crippen molar-refractivity contribution < 1.29 is 4.74 Å². The van der Waals surface area contributed by atoms with Gasteiger partial charge >= 0.3 is 0 Å². The number of rotatable bonds is 3. The summed E-state index contributed by atoms with van der Waals surface area (Å²) in [4.78, 5) is 4.43. The Kier molecular flexibility index (Phi) is 3.20. The zero-order valence-corrected chi connectivity index (χ0v) is 10.7. The van der Waals surface area contributed by atoms with Crippen LogP contribution in [0, 0.1) is 0 Å². The molecule has 2 rings (SSSR count). The first-order chi connectivity index (χ1) is 7.94. The molecule has 0 aromatic heterocycles. The molecule has 92 valence electrons. The highest BCUT2D eigenvalue weighted by Gasteiger charge is 2.16. The lowest BCUT2D eigenvalue weighted by Gasteiger charge is -2.18. The van der Waals surface area contributed by atoms with Crippen molar-refractivity contribution in [1.82, 2.24) is 0 Å². The molecule has 0 fully saturated rings. The second-order valence-corrected chi connectivity index (χ2v) is 5.46. The predicted molar refractivity (Wildman–Crippen MR) is 70.4 cm³/mol. The Labute approximate surface area is 103 Å². The number of nitrogens with two attached hydrogens (primary N) is 1. The summed E-state index contributed by atoms with van der Waals surface area (Å²) in [5.41, 5.74) is 8.12. The highest BCUT2D eigenvalue weighted by Crippen LogP contribution is 2.15. The number of ether oxygens (including phenoxy) is 1. The summed E-state index contributed by atoms with van der Waals surface area (Å²) in [7, 11) is 0. The van der Waals surface area contributed by atoms with Crippen LogP contribution in [0.1, 0.15) is 31.9 Å². The first-order valence-electron chi connectivity index (χ1n) is 6.03. The number of nitrogens with zero attached hydrogens (tertiary/aromatic N) is 1. The van der Waals surface area contributed by atoms with E-state index in [1.807, 2.05) is 13.8 Å². The van der Waals surface area contributed by atoms with Crippen LogP contribution in [0.2, 0.25) is 0 Å². The van der Waals surface area contributed by atoms with Gasteiger partial charge in [-0.25, -0.2) is 4.99 Å². The summed E-state index contributed by atoms with van der Waals surface area (Å²) < 4.78 is 5.52. The third kappa shape index (κ3) is 3.30. The van der Waals surface area contributed by atoms with E-state index in [0.717, 1.165) is 17.9 Å². The molecule has 0 spiro atoms. The summed E-state index contributed by atoms with van der Waals surface area (Å²) >= 11 is 0. The first kappa shape index (κ1) is 12.1. The molecule has 1 aliphatic heterocycles. The molecule has 3 heteroatoms. The summed E-state index contributed by atoms with van der Waals surface area (Å²) in [6.07, 6.45) is 0.872. The maximum absolute atomic E-state index is 6.00. The lowest BCUT2D eigenvalue weighted by molar-refractivity contribution is 0.324. The summed E-state index contributed by atoms with van der Waals surface area (Å²) in [5, 5.41) is 0. The van der Waals surface area contributed by atoms with Crippen LogP contribution in [0.5, 0.6) is 0 Å². The van der Waals surface area contributed by atoms with Gasteiger partial charge in [0.05, 0.1) is 6.04 Å². The lowest BCUT2D eigenvalue weighted by Crippen LogP contribution is -2.34. The summed E-state index contributed by atoms with van der Waals surface area (Å²) in [5.74, 6) is 0.760. The monoisotopic (exact) mass is 232 g/mol. The van der Waals surface area contributed by atoms with Crippen molar-refractivity contribution in [3.8, 4) is 0 Å². The van der Waals surface area contributed by atoms with Crippen LogP contribution in [-0.2, 0) is 11.2 Å². The average Bonchev–Trinajstić information content (AvgIpc) is 2.63. The molecule has 0 saturated heterocycles. The number of benzene rings is 1. The zero-order valence-electron chi connectivity index (χ0n) is 10.7. The van der Waals surface area contributed by atoms with E-state index in [2.05, 4.69) is 36.2 Å². The fourth-order valence-electron chi connectivity index (χ4n) is 1.92. The Bertz CT molecular complexity index is 415. The number of aliphatic imine (C=N–C) groups is 1. The van der Waals surface area contributed by atoms with E-state index in [9.17, 15) is 0 Å². The second kappa shape index (κ2) is 4.49. The van der Waals surface area contributed by atoms with Crippen LogP contribution < -0.4 is 5.73 Å². The van der Waals surface area contributed by atoms with Gasteiger partial charge in [0, 0.05) is 11.1 Å². The molecule has 1 heterocycles. The van der Waals surface area contributed by atoms with Crippen LogP contribution in [0.4, 0.5) is 0 Å². The smallest absolute Gasteiger partial charge is 0.216 e. The number of hydrogen-bond donors (Lipinski definition) is 1. The molecule has 0 radical (unpaired) electrons. The van der Waals surface area contributed by atoms with Gasteiger partial charge in [-0.3, -0.25) is 0 Å². The van der Waals surface area contributed by atoms with E-state index < -0.39 is 0 Å². The van der Waals surface area contributed by atoms with E-state index in [1.54, 1.807) is 0 Å². The Morgan fingerprint density at radius 1 is 1.35 bits per heavy atom. The van der Waals surface area contributed by atoms with E-state index in [0.29, 0.717) is 6.61 Å². The third-order valence-corrected chi connectivity index (χ3v) is 2.66. The van der Waals surface area contributed by atoms with Crippen LogP contribution in [0.25, 0.3) is 0 Å². The standard InChI is InChI=1S/C14H20N2O/c1-10-9-17-13(16-10)12-6-4-11(5-7-12)8-14(2,3)15/h4-7,10H,8-9,15H2,1-3H3. The molecule has 1 atom stereocenters. The minimum absolute atomic E-state index is 0.169. The molecule has 1 aromatic carbocycles. The quantitative estimate of drug-likeness (QED) is 0.868. The van der Waals surface area contributed by atoms with Crippen LogP contribution in [0.15, 0.2) is 29.3 Å². The largest absolute Gasteiger partial charge is 0.475 e. The van der Waals surface area contributed by atoms with Gasteiger partial charge in [-0.2, -0.15) is 0 Å². The molecule has 2 N–H and O–H groups in total. The Morgan fingerprint density at radius 3 is 2.47 bits per heavy atom. The predicted octanol–water partition coefficient (Wildman–Crippen LogP) is 2.13. The van der Waals surface area contributed by atoms with Crippen molar-refractivity contribution in [3.63, 3.8) is 0 Å². The van der Waals surface area contributed by atoms with Crippen LogP contribution in [-0.4, -0.2) is 24.1 Å². The van der Waals surface area contributed by atoms with Crippen molar-refractivity contribution >= 4 is 5.90 Å². The van der Waals surface area contributed by atoms with Crippen molar-refractivity contribution in [2.45, 2.75) is 38.8 Å². The average molecular weight is 232 g/mol. The molecule has 17 heavy (non-hydrogen) atoms. The van der Waals surface area contributed by atoms with Crippen molar-refractivity contribution in [2.75, 3.05) is 6.61 Å². The van der Waals surface area contributed by atoms with E-state index in [4.69, 9.17) is 10.5 Å². The van der Waals surface area contributed by atoms with Crippen molar-refractivity contribution in [3.05, 3.63) is 35.4 Å². The highest BCUT2D eigenvalue weighted by atomic mass is 16.5. The van der Waals surface area contributed by atoms with Crippen LogP contribution in [0.3, 0.4) is 0 Å². The fraction of sp³-hybridized carbons (Fsp3) is 0.500. The zero-order chi connectivity index (χ0) is 12.5. The first-order valence-corrected chi connectivity index (χ1v) is 6.03. The second-order valence-electron chi connectivity index (χ2n) is 5.46. The molecule has 1 unspecified atom stereocenters. The maximum atomic E-state index is 6.00. The van der Waals surface area contributed by atoms with Gasteiger partial charge in [-0.1, -0.05) is 12.1 Å². The van der Waals surface area contributed by atoms with E-state index >= 15 is 0 Å². The van der Waals surface area contributed by atoms with Gasteiger partial charge in [0.25, 0.3) is 0 Å². The molecule has 1 aromatic rings. The Morgan fingerprint density at radius 2 is 2.00 bits per heavy atom. The van der Waals surface area contributed by atoms with Crippen molar-refractivity contribution in [1.29, 1.82) is 0 Å². The van der Waals surface area contributed by atoms with Gasteiger partial charge in [-0.05, 0) is 44.9 Å². The summed E-state index contributed by atoms with van der Waals surface area (Å²) in [6.45, 7) is 6.81. The SMILES string of the molecule is CC1COC(c2ccc(CC(C)(C)N)cc2)=N1. The van der Waals surface area contributed by atoms with E-state index in [1.165, 1.54) is 5.56 Å². The van der Waals surface area contributed by atoms with Gasteiger partial charge in [0.2, 0.25) is 5.90 Å². The minimum atomic E-state index is -0.169. The van der Waals surface area contributed by atoms with Gasteiger partial charge in [0.1, 0.15) is 6.61 Å². The van der Waals surface area contributed by atoms with Crippen molar-refractivity contribution in [2.24, 2.45) is 10.7 Å². The lowest BCUT2D eigenvalue weighted by atomic mass is 9.96. The van der Waals surface area contributed by atoms with Crippen LogP contribution >= 0.6 is 0 Å². The molecule has 0 bridgehead atoms. The topological polar surface area (TPSA) is 47.6 Å². The Balaban J connectivity index is 2.11. The minimum Gasteiger partial charge on any atom is -0.475 e. The molecular formula is C14H20N2O. The van der Waals surface area contributed by atoms with Gasteiger partial charge in [-0.15, -0.1) is 0 Å². The van der Waals surface area contributed by atoms with Gasteiger partial charge < -0.3 is 10.5 Å². The van der Waals surface area contributed by atoms with E-state index in [-0.39, 0.29) is 11.6 Å². The normalized spacial score (nSPS) is 20.0. The molecule has 3 nitrogen and oxygen atoms in total. The fourth-order valence-corrected chi connectivity index (χ4v) is 1.92. The molecule has 0 aliphatic carbocycles. The molecule has 0 saturated carbocycles. The maximum Gasteiger partial charge on any atom is 0.216 e. The van der Waals surface area contributed by atoms with Gasteiger partial charge in [0.15, 0.2) is 0 Å².